The summed E-state index contributed by atoms with van der Waals surface area (Å²) < 4.78 is 26.7. The first-order chi connectivity index (χ1) is 9.73. The second-order valence-electron chi connectivity index (χ2n) is 5.14. The molecule has 1 fully saturated rings. The van der Waals surface area contributed by atoms with Crippen LogP contribution in [0.3, 0.4) is 0 Å². The molecule has 8 heteroatoms. The van der Waals surface area contributed by atoms with E-state index < -0.39 is 22.1 Å². The van der Waals surface area contributed by atoms with Gasteiger partial charge in [0.2, 0.25) is 10.0 Å². The third-order valence-corrected chi connectivity index (χ3v) is 6.18. The predicted molar refractivity (Wildman–Crippen MR) is 79.6 cm³/mol. The normalized spacial score (nSPS) is 24.0. The van der Waals surface area contributed by atoms with Crippen molar-refractivity contribution >= 4 is 31.9 Å². The summed E-state index contributed by atoms with van der Waals surface area (Å²) in [6.07, 6.45) is -0.126. The summed E-state index contributed by atoms with van der Waals surface area (Å²) in [6, 6.07) is 3.94. The topological polar surface area (TPSA) is 94.9 Å². The Morgan fingerprint density at radius 1 is 1.43 bits per heavy atom. The molecule has 116 valence electrons. The lowest BCUT2D eigenvalue weighted by molar-refractivity contribution is 0.0628. The molecule has 0 amide bonds. The number of carboxylic acid groups (broad SMARTS) is 1. The molecule has 0 aromatic heterocycles. The molecular weight excluding hydrogens is 362 g/mol. The van der Waals surface area contributed by atoms with Gasteiger partial charge in [0.1, 0.15) is 0 Å². The van der Waals surface area contributed by atoms with Crippen LogP contribution in [0.2, 0.25) is 0 Å². The zero-order valence-corrected chi connectivity index (χ0v) is 13.8. The molecule has 1 aliphatic rings. The summed E-state index contributed by atoms with van der Waals surface area (Å²) in [5, 5.41) is 18.8. The van der Waals surface area contributed by atoms with E-state index in [0.29, 0.717) is 10.9 Å². The minimum absolute atomic E-state index is 0.0494. The zero-order chi connectivity index (χ0) is 15.8. The summed E-state index contributed by atoms with van der Waals surface area (Å²) in [5.41, 5.74) is -0.0961. The van der Waals surface area contributed by atoms with E-state index in [-0.39, 0.29) is 29.5 Å². The number of carbonyl (C=O) groups is 1. The minimum Gasteiger partial charge on any atom is -0.478 e. The number of aromatic carboxylic acids is 1. The van der Waals surface area contributed by atoms with Gasteiger partial charge in [0.25, 0.3) is 0 Å². The molecule has 1 aromatic carbocycles. The Balaban J connectivity index is 2.36. The molecule has 1 aliphatic heterocycles. The highest BCUT2D eigenvalue weighted by Crippen LogP contribution is 2.26. The van der Waals surface area contributed by atoms with Gasteiger partial charge in [0, 0.05) is 17.6 Å². The smallest absolute Gasteiger partial charge is 0.336 e. The molecule has 1 heterocycles. The fraction of sp³-hybridized carbons (Fsp3) is 0.462. The zero-order valence-electron chi connectivity index (χ0n) is 11.4. The van der Waals surface area contributed by atoms with Crippen LogP contribution in [-0.2, 0) is 10.0 Å². The van der Waals surface area contributed by atoms with E-state index in [1.165, 1.54) is 16.4 Å². The van der Waals surface area contributed by atoms with Crippen molar-refractivity contribution in [2.24, 2.45) is 5.92 Å². The van der Waals surface area contributed by atoms with E-state index in [9.17, 15) is 18.3 Å². The lowest BCUT2D eigenvalue weighted by Gasteiger charge is -2.33. The maximum absolute atomic E-state index is 12.6. The lowest BCUT2D eigenvalue weighted by Crippen LogP contribution is -2.44. The molecule has 21 heavy (non-hydrogen) atoms. The maximum atomic E-state index is 12.6. The van der Waals surface area contributed by atoms with E-state index in [2.05, 4.69) is 15.9 Å². The lowest BCUT2D eigenvalue weighted by atomic mass is 9.99. The van der Waals surface area contributed by atoms with Crippen molar-refractivity contribution in [1.29, 1.82) is 0 Å². The first kappa shape index (κ1) is 16.4. The molecule has 1 aromatic rings. The Labute approximate surface area is 131 Å². The summed E-state index contributed by atoms with van der Waals surface area (Å²) in [4.78, 5) is 11.1. The number of benzene rings is 1. The quantitative estimate of drug-likeness (QED) is 0.832. The van der Waals surface area contributed by atoms with Gasteiger partial charge in [-0.1, -0.05) is 6.92 Å². The Kier molecular flexibility index (Phi) is 4.72. The van der Waals surface area contributed by atoms with Gasteiger partial charge in [-0.25, -0.2) is 13.2 Å². The number of hydrogen-bond acceptors (Lipinski definition) is 4. The van der Waals surface area contributed by atoms with Crippen molar-refractivity contribution in [3.63, 3.8) is 0 Å². The van der Waals surface area contributed by atoms with Crippen molar-refractivity contribution in [2.75, 3.05) is 13.1 Å². The Morgan fingerprint density at radius 2 is 2.10 bits per heavy atom. The van der Waals surface area contributed by atoms with Gasteiger partial charge in [-0.3, -0.25) is 0 Å². The van der Waals surface area contributed by atoms with Crippen molar-refractivity contribution in [2.45, 2.75) is 24.3 Å². The molecule has 0 spiro atoms. The van der Waals surface area contributed by atoms with Crippen LogP contribution in [0.5, 0.6) is 0 Å². The molecular formula is C13H16BrNO5S. The van der Waals surface area contributed by atoms with Gasteiger partial charge in [-0.2, -0.15) is 4.31 Å². The van der Waals surface area contributed by atoms with E-state index in [1.54, 1.807) is 6.92 Å². The van der Waals surface area contributed by atoms with Crippen molar-refractivity contribution in [3.8, 4) is 0 Å². The highest BCUT2D eigenvalue weighted by Gasteiger charge is 2.33. The summed E-state index contributed by atoms with van der Waals surface area (Å²) in [5.74, 6) is -1.34. The SMILES string of the molecule is CC1CN(S(=O)(=O)c2ccc(Br)c(C(=O)O)c2)CCC1O. The van der Waals surface area contributed by atoms with Crippen LogP contribution < -0.4 is 0 Å². The molecule has 0 bridgehead atoms. The third-order valence-electron chi connectivity index (χ3n) is 3.63. The third kappa shape index (κ3) is 3.28. The predicted octanol–water partition coefficient (Wildman–Crippen LogP) is 1.54. The number of halogens is 1. The molecule has 0 radical (unpaired) electrons. The van der Waals surface area contributed by atoms with Crippen LogP contribution >= 0.6 is 15.9 Å². The molecule has 6 nitrogen and oxygen atoms in total. The first-order valence-corrected chi connectivity index (χ1v) is 8.68. The van der Waals surface area contributed by atoms with Gasteiger partial charge >= 0.3 is 5.97 Å². The van der Waals surface area contributed by atoms with Crippen molar-refractivity contribution in [1.82, 2.24) is 4.31 Å². The summed E-state index contributed by atoms with van der Waals surface area (Å²) >= 11 is 3.09. The fourth-order valence-electron chi connectivity index (χ4n) is 2.29. The van der Waals surface area contributed by atoms with E-state index in [0.717, 1.165) is 6.07 Å². The van der Waals surface area contributed by atoms with Crippen LogP contribution in [-0.4, -0.2) is 48.1 Å². The summed E-state index contributed by atoms with van der Waals surface area (Å²) in [7, 11) is -3.75. The van der Waals surface area contributed by atoms with Crippen LogP contribution in [0.15, 0.2) is 27.6 Å². The standard InChI is InChI=1S/C13H16BrNO5S/c1-8-7-15(5-4-12(8)16)21(19,20)9-2-3-11(14)10(6-9)13(17)18/h2-3,6,8,12,16H,4-5,7H2,1H3,(H,17,18). The average Bonchev–Trinajstić information content (AvgIpc) is 2.41. The maximum Gasteiger partial charge on any atom is 0.336 e. The number of nitrogens with zero attached hydrogens (tertiary/aromatic N) is 1. The van der Waals surface area contributed by atoms with Gasteiger partial charge in [-0.05, 0) is 46.5 Å². The largest absolute Gasteiger partial charge is 0.478 e. The highest BCUT2D eigenvalue weighted by molar-refractivity contribution is 9.10. The first-order valence-electron chi connectivity index (χ1n) is 6.44. The number of sulfonamides is 1. The molecule has 0 aliphatic carbocycles. The number of rotatable bonds is 3. The monoisotopic (exact) mass is 377 g/mol. The van der Waals surface area contributed by atoms with Gasteiger partial charge in [0.05, 0.1) is 16.6 Å². The molecule has 1 saturated heterocycles. The van der Waals surface area contributed by atoms with Crippen LogP contribution in [0.4, 0.5) is 0 Å². The molecule has 2 N–H and O–H groups in total. The number of piperidine rings is 1. The van der Waals surface area contributed by atoms with E-state index in [1.807, 2.05) is 0 Å². The van der Waals surface area contributed by atoms with Crippen LogP contribution in [0.1, 0.15) is 23.7 Å². The van der Waals surface area contributed by atoms with E-state index in [4.69, 9.17) is 5.11 Å². The van der Waals surface area contributed by atoms with Gasteiger partial charge in [-0.15, -0.1) is 0 Å². The van der Waals surface area contributed by atoms with E-state index >= 15 is 0 Å². The van der Waals surface area contributed by atoms with Crippen LogP contribution in [0.25, 0.3) is 0 Å². The Bertz CT molecular complexity index is 661. The second kappa shape index (κ2) is 6.04. The second-order valence-corrected chi connectivity index (χ2v) is 7.94. The number of hydrogen-bond donors (Lipinski definition) is 2. The Hall–Kier alpha value is -0.960. The fourth-order valence-corrected chi connectivity index (χ4v) is 4.29. The Morgan fingerprint density at radius 3 is 2.67 bits per heavy atom. The molecule has 0 saturated carbocycles. The number of aliphatic hydroxyl groups is 1. The molecule has 2 unspecified atom stereocenters. The van der Waals surface area contributed by atoms with Crippen molar-refractivity contribution in [3.05, 3.63) is 28.2 Å². The minimum atomic E-state index is -3.75. The van der Waals surface area contributed by atoms with Crippen molar-refractivity contribution < 1.29 is 23.4 Å². The average molecular weight is 378 g/mol. The van der Waals surface area contributed by atoms with Gasteiger partial charge < -0.3 is 10.2 Å². The number of aliphatic hydroxyl groups excluding tert-OH is 1. The highest BCUT2D eigenvalue weighted by atomic mass is 79.9. The molecule has 2 rings (SSSR count). The summed E-state index contributed by atoms with van der Waals surface area (Å²) in [6.45, 7) is 2.24. The van der Waals surface area contributed by atoms with Gasteiger partial charge in [0.15, 0.2) is 0 Å². The van der Waals surface area contributed by atoms with Crippen LogP contribution in [0, 0.1) is 5.92 Å². The molecule has 2 atom stereocenters. The number of carboxylic acids is 1.